The Kier molecular flexibility index (Phi) is 4.15. The summed E-state index contributed by atoms with van der Waals surface area (Å²) >= 11 is 0. The van der Waals surface area contributed by atoms with Gasteiger partial charge in [0.05, 0.1) is 13.2 Å². The first-order valence-electron chi connectivity index (χ1n) is 7.34. The number of piperidine rings is 1. The summed E-state index contributed by atoms with van der Waals surface area (Å²) < 4.78 is 5.48. The van der Waals surface area contributed by atoms with E-state index >= 15 is 0 Å². The maximum Gasteiger partial charge on any atom is 0.107 e. The van der Waals surface area contributed by atoms with Crippen molar-refractivity contribution in [1.29, 1.82) is 0 Å². The zero-order chi connectivity index (χ0) is 13.1. The van der Waals surface area contributed by atoms with Crippen molar-refractivity contribution >= 4 is 0 Å². The molecule has 2 fully saturated rings. The van der Waals surface area contributed by atoms with Gasteiger partial charge in [-0.15, -0.1) is 0 Å². The van der Waals surface area contributed by atoms with Crippen LogP contribution < -0.4 is 5.32 Å². The van der Waals surface area contributed by atoms with Crippen LogP contribution in [-0.2, 0) is 11.2 Å². The van der Waals surface area contributed by atoms with E-state index < -0.39 is 0 Å². The van der Waals surface area contributed by atoms with Gasteiger partial charge in [0.1, 0.15) is 5.82 Å². The van der Waals surface area contributed by atoms with Crippen molar-refractivity contribution in [1.82, 2.24) is 20.2 Å². The molecule has 0 radical (unpaired) electrons. The van der Waals surface area contributed by atoms with Gasteiger partial charge in [0.2, 0.25) is 0 Å². The average Bonchev–Trinajstić information content (AvgIpc) is 2.88. The molecule has 3 rings (SSSR count). The van der Waals surface area contributed by atoms with Crippen molar-refractivity contribution in [2.75, 3.05) is 39.9 Å². The Morgan fingerprint density at radius 3 is 3.26 bits per heavy atom. The number of aromatic nitrogens is 2. The molecule has 2 N–H and O–H groups in total. The van der Waals surface area contributed by atoms with Crippen molar-refractivity contribution in [3.63, 3.8) is 0 Å². The number of hydrogen-bond donors (Lipinski definition) is 2. The molecule has 19 heavy (non-hydrogen) atoms. The molecule has 1 aromatic heterocycles. The van der Waals surface area contributed by atoms with Gasteiger partial charge in [0, 0.05) is 43.4 Å². The van der Waals surface area contributed by atoms with Crippen LogP contribution in [0.3, 0.4) is 0 Å². The van der Waals surface area contributed by atoms with Gasteiger partial charge in [-0.2, -0.15) is 0 Å². The lowest BCUT2D eigenvalue weighted by molar-refractivity contribution is 0.0764. The normalized spacial score (nSPS) is 29.5. The minimum Gasteiger partial charge on any atom is -0.379 e. The minimum atomic E-state index is 0.404. The summed E-state index contributed by atoms with van der Waals surface area (Å²) in [6.07, 6.45) is 5.52. The van der Waals surface area contributed by atoms with Gasteiger partial charge in [-0.1, -0.05) is 0 Å². The average molecular weight is 264 g/mol. The van der Waals surface area contributed by atoms with Crippen molar-refractivity contribution in [3.8, 4) is 0 Å². The number of likely N-dealkylation sites (tertiary alicyclic amines) is 1. The Morgan fingerprint density at radius 2 is 2.47 bits per heavy atom. The Morgan fingerprint density at radius 1 is 1.53 bits per heavy atom. The van der Waals surface area contributed by atoms with E-state index in [4.69, 9.17) is 4.74 Å². The summed E-state index contributed by atoms with van der Waals surface area (Å²) in [6.45, 7) is 4.94. The molecule has 5 nitrogen and oxygen atoms in total. The number of hydrogen-bond acceptors (Lipinski definition) is 4. The Balaban J connectivity index is 1.59. The number of morpholine rings is 1. The van der Waals surface area contributed by atoms with Crippen molar-refractivity contribution in [3.05, 3.63) is 17.7 Å². The van der Waals surface area contributed by atoms with E-state index in [1.807, 2.05) is 6.20 Å². The van der Waals surface area contributed by atoms with Crippen LogP contribution in [0.15, 0.2) is 6.20 Å². The molecular weight excluding hydrogens is 240 g/mol. The maximum absolute atomic E-state index is 5.48. The van der Waals surface area contributed by atoms with Crippen LogP contribution in [0.4, 0.5) is 0 Å². The third-order valence-electron chi connectivity index (χ3n) is 4.15. The Hall–Kier alpha value is -0.910. The fraction of sp³-hybridized carbons (Fsp3) is 0.786. The monoisotopic (exact) mass is 264 g/mol. The first kappa shape index (κ1) is 13.1. The van der Waals surface area contributed by atoms with Gasteiger partial charge in [-0.25, -0.2) is 4.98 Å². The molecule has 0 amide bonds. The second kappa shape index (κ2) is 6.03. The fourth-order valence-corrected chi connectivity index (χ4v) is 3.09. The van der Waals surface area contributed by atoms with Gasteiger partial charge in [-0.3, -0.25) is 0 Å². The van der Waals surface area contributed by atoms with Crippen molar-refractivity contribution < 1.29 is 4.74 Å². The molecule has 0 bridgehead atoms. The van der Waals surface area contributed by atoms with Crippen molar-refractivity contribution in [2.45, 2.75) is 31.2 Å². The lowest BCUT2D eigenvalue weighted by Gasteiger charge is -2.28. The number of rotatable bonds is 3. The number of ether oxygens (including phenoxy) is 1. The zero-order valence-corrected chi connectivity index (χ0v) is 11.7. The number of likely N-dealkylation sites (N-methyl/N-ethyl adjacent to an activating group) is 1. The van der Waals surface area contributed by atoms with E-state index in [9.17, 15) is 0 Å². The number of H-pyrrole nitrogens is 1. The molecule has 0 saturated carbocycles. The molecule has 3 heterocycles. The third kappa shape index (κ3) is 3.35. The van der Waals surface area contributed by atoms with Gasteiger partial charge in [-0.05, 0) is 26.4 Å². The molecule has 106 valence electrons. The Bertz CT molecular complexity index is 400. The zero-order valence-electron chi connectivity index (χ0n) is 11.7. The van der Waals surface area contributed by atoms with Crippen molar-refractivity contribution in [2.24, 2.45) is 0 Å². The van der Waals surface area contributed by atoms with Gasteiger partial charge in [0.25, 0.3) is 0 Å². The molecule has 2 saturated heterocycles. The summed E-state index contributed by atoms with van der Waals surface area (Å²) in [5.74, 6) is 1.71. The first-order chi connectivity index (χ1) is 9.31. The summed E-state index contributed by atoms with van der Waals surface area (Å²) in [4.78, 5) is 10.5. The highest BCUT2D eigenvalue weighted by molar-refractivity contribution is 5.10. The van der Waals surface area contributed by atoms with Crippen LogP contribution in [0.5, 0.6) is 0 Å². The summed E-state index contributed by atoms with van der Waals surface area (Å²) in [6, 6.07) is 0.404. The van der Waals surface area contributed by atoms with Crippen LogP contribution in [0.2, 0.25) is 0 Å². The molecular formula is C14H24N4O. The molecule has 0 spiro atoms. The van der Waals surface area contributed by atoms with E-state index in [1.54, 1.807) is 0 Å². The quantitative estimate of drug-likeness (QED) is 0.846. The minimum absolute atomic E-state index is 0.404. The van der Waals surface area contributed by atoms with E-state index in [-0.39, 0.29) is 0 Å². The van der Waals surface area contributed by atoms with E-state index in [2.05, 4.69) is 27.2 Å². The van der Waals surface area contributed by atoms with Crippen LogP contribution in [0.25, 0.3) is 0 Å². The number of imidazole rings is 1. The van der Waals surface area contributed by atoms with E-state index in [1.165, 1.54) is 25.1 Å². The predicted octanol–water partition coefficient (Wildman–Crippen LogP) is 0.750. The standard InChI is InChI=1S/C14H24N4O/c1-18-5-2-3-11(9-18)13-8-16-14(17-13)7-12-10-19-6-4-15-12/h8,11-12,15H,2-7,9-10H2,1H3,(H,16,17). The number of aromatic amines is 1. The fourth-order valence-electron chi connectivity index (χ4n) is 3.09. The smallest absolute Gasteiger partial charge is 0.107 e. The second-order valence-corrected chi connectivity index (χ2v) is 5.82. The molecule has 2 aliphatic heterocycles. The second-order valence-electron chi connectivity index (χ2n) is 5.82. The summed E-state index contributed by atoms with van der Waals surface area (Å²) in [5.41, 5.74) is 1.30. The summed E-state index contributed by atoms with van der Waals surface area (Å²) in [5, 5.41) is 3.47. The molecule has 2 unspecified atom stereocenters. The first-order valence-corrected chi connectivity index (χ1v) is 7.34. The number of nitrogens with one attached hydrogen (secondary N) is 2. The van der Waals surface area contributed by atoms with E-state index in [0.29, 0.717) is 12.0 Å². The van der Waals surface area contributed by atoms with Gasteiger partial charge >= 0.3 is 0 Å². The highest BCUT2D eigenvalue weighted by Gasteiger charge is 2.21. The third-order valence-corrected chi connectivity index (χ3v) is 4.15. The number of nitrogens with zero attached hydrogens (tertiary/aromatic N) is 2. The molecule has 0 aromatic carbocycles. The predicted molar refractivity (Wildman–Crippen MR) is 74.4 cm³/mol. The summed E-state index contributed by atoms with van der Waals surface area (Å²) in [7, 11) is 2.20. The lowest BCUT2D eigenvalue weighted by atomic mass is 9.96. The molecule has 1 aromatic rings. The lowest BCUT2D eigenvalue weighted by Crippen LogP contribution is -2.42. The van der Waals surface area contributed by atoms with Crippen LogP contribution >= 0.6 is 0 Å². The maximum atomic E-state index is 5.48. The largest absolute Gasteiger partial charge is 0.379 e. The SMILES string of the molecule is CN1CCCC(c2cnc(CC3COCCN3)[nH]2)C1. The topological polar surface area (TPSA) is 53.2 Å². The van der Waals surface area contributed by atoms with Gasteiger partial charge in [0.15, 0.2) is 0 Å². The molecule has 0 aliphatic carbocycles. The molecule has 2 aliphatic rings. The van der Waals surface area contributed by atoms with Crippen LogP contribution in [0.1, 0.15) is 30.3 Å². The van der Waals surface area contributed by atoms with Crippen LogP contribution in [0, 0.1) is 0 Å². The molecule has 5 heteroatoms. The molecule has 2 atom stereocenters. The van der Waals surface area contributed by atoms with E-state index in [0.717, 1.165) is 38.5 Å². The van der Waals surface area contributed by atoms with Crippen LogP contribution in [-0.4, -0.2) is 60.8 Å². The Labute approximate surface area is 114 Å². The highest BCUT2D eigenvalue weighted by atomic mass is 16.5. The van der Waals surface area contributed by atoms with Gasteiger partial charge < -0.3 is 19.9 Å². The highest BCUT2D eigenvalue weighted by Crippen LogP contribution is 2.24.